The Hall–Kier alpha value is -2.02. The lowest BCUT2D eigenvalue weighted by Gasteiger charge is -2.01. The average Bonchev–Trinajstić information content (AvgIpc) is 2.57. The fourth-order valence-corrected chi connectivity index (χ4v) is 1.27. The normalized spacial score (nSPS) is 12.9. The number of fused-ring (bicyclic) bond motifs is 1. The minimum Gasteiger partial charge on any atom is -0.485 e. The van der Waals surface area contributed by atoms with E-state index in [1.807, 2.05) is 0 Å². The molecule has 0 spiro atoms. The third kappa shape index (κ3) is 1.40. The molecule has 0 aromatic heterocycles. The Balaban J connectivity index is 2.25. The van der Waals surface area contributed by atoms with Gasteiger partial charge in [0.2, 0.25) is 5.78 Å². The first-order valence-electron chi connectivity index (χ1n) is 4.07. The van der Waals surface area contributed by atoms with Crippen LogP contribution in [0.15, 0.2) is 18.2 Å². The molecule has 0 saturated carbocycles. The number of Topliss-reactive ketones (excluding diaryl/α,β-unsaturated/α-hetero) is 1. The van der Waals surface area contributed by atoms with Crippen LogP contribution in [0.1, 0.15) is 10.4 Å². The van der Waals surface area contributed by atoms with Crippen LogP contribution < -0.4 is 9.47 Å². The Morgan fingerprint density at radius 1 is 1.57 bits per heavy atom. The molecule has 4 nitrogen and oxygen atoms in total. The van der Waals surface area contributed by atoms with Crippen LogP contribution in [0.2, 0.25) is 0 Å². The van der Waals surface area contributed by atoms with E-state index in [1.54, 1.807) is 18.2 Å². The smallest absolute Gasteiger partial charge is 0.357 e. The van der Waals surface area contributed by atoms with Crippen LogP contribution >= 0.6 is 0 Å². The molecule has 0 N–H and O–H groups in total. The highest BCUT2D eigenvalue weighted by Gasteiger charge is 2.21. The van der Waals surface area contributed by atoms with Crippen molar-refractivity contribution in [3.8, 4) is 11.5 Å². The molecule has 14 heavy (non-hydrogen) atoms. The molecule has 0 aliphatic carbocycles. The van der Waals surface area contributed by atoms with Gasteiger partial charge in [0, 0.05) is 6.07 Å². The van der Waals surface area contributed by atoms with E-state index >= 15 is 0 Å². The monoisotopic (exact) mass is 189 g/mol. The fraction of sp³-hybridized carbons (Fsp3) is 0.200. The summed E-state index contributed by atoms with van der Waals surface area (Å²) in [5.74, 6) is 1.07. The molecule has 0 radical (unpaired) electrons. The first-order chi connectivity index (χ1) is 6.81. The average molecular weight is 189 g/mol. The van der Waals surface area contributed by atoms with Gasteiger partial charge >= 0.3 is 6.73 Å². The number of hydrogen-bond acceptors (Lipinski definition) is 3. The quantitative estimate of drug-likeness (QED) is 0.662. The predicted octanol–water partition coefficient (Wildman–Crippen LogP) is 1.52. The van der Waals surface area contributed by atoms with Crippen molar-refractivity contribution in [2.24, 2.45) is 0 Å². The second-order valence-electron chi connectivity index (χ2n) is 2.80. The van der Waals surface area contributed by atoms with Gasteiger partial charge in [-0.1, -0.05) is 0 Å². The van der Waals surface area contributed by atoms with Gasteiger partial charge in [0.05, 0.1) is 5.56 Å². The van der Waals surface area contributed by atoms with Gasteiger partial charge in [-0.15, -0.1) is 0 Å². The number of hydrogen-bond donors (Lipinski definition) is 0. The second kappa shape index (κ2) is 3.38. The topological polar surface area (TPSA) is 39.9 Å². The summed E-state index contributed by atoms with van der Waals surface area (Å²) < 4.78 is 10.2. The van der Waals surface area contributed by atoms with Gasteiger partial charge in [-0.05, 0) is 12.1 Å². The summed E-state index contributed by atoms with van der Waals surface area (Å²) in [6, 6.07) is 4.95. The minimum absolute atomic E-state index is 0.0169. The first-order valence-corrected chi connectivity index (χ1v) is 4.07. The zero-order chi connectivity index (χ0) is 9.97. The molecule has 1 aliphatic rings. The summed E-state index contributed by atoms with van der Waals surface area (Å²) in [5, 5.41) is 0. The van der Waals surface area contributed by atoms with Gasteiger partial charge < -0.3 is 9.47 Å². The molecule has 0 fully saturated rings. The van der Waals surface area contributed by atoms with E-state index in [2.05, 4.69) is 4.85 Å². The maximum atomic E-state index is 11.2. The van der Waals surface area contributed by atoms with E-state index in [4.69, 9.17) is 16.0 Å². The molecule has 4 heteroatoms. The molecule has 1 aliphatic heterocycles. The number of benzene rings is 1. The number of carbonyl (C=O) groups is 1. The van der Waals surface area contributed by atoms with Crippen LogP contribution in [0.25, 0.3) is 4.85 Å². The standard InChI is InChI=1S/C10H7NO3/c1-11-6-14-7-2-3-8-9(12)5-13-10(8)4-7/h2-4H,5-6H2. The lowest BCUT2D eigenvalue weighted by atomic mass is 10.1. The molecular formula is C10H7NO3. The Kier molecular flexibility index (Phi) is 2.07. The number of carbonyl (C=O) groups excluding carboxylic acids is 1. The third-order valence-electron chi connectivity index (χ3n) is 1.91. The fourth-order valence-electron chi connectivity index (χ4n) is 1.27. The summed E-state index contributed by atoms with van der Waals surface area (Å²) >= 11 is 0. The number of ketones is 1. The zero-order valence-electron chi connectivity index (χ0n) is 7.32. The molecule has 0 bridgehead atoms. The maximum absolute atomic E-state index is 11.2. The van der Waals surface area contributed by atoms with Crippen LogP contribution in [0.5, 0.6) is 11.5 Å². The highest BCUT2D eigenvalue weighted by Crippen LogP contribution is 2.29. The molecule has 0 saturated heterocycles. The molecule has 0 unspecified atom stereocenters. The molecule has 2 rings (SSSR count). The van der Waals surface area contributed by atoms with E-state index in [-0.39, 0.29) is 19.1 Å². The van der Waals surface area contributed by atoms with Crippen molar-refractivity contribution in [3.63, 3.8) is 0 Å². The van der Waals surface area contributed by atoms with Gasteiger partial charge in [0.15, 0.2) is 6.61 Å². The van der Waals surface area contributed by atoms with E-state index < -0.39 is 0 Å². The first kappa shape index (κ1) is 8.57. The zero-order valence-corrected chi connectivity index (χ0v) is 7.32. The molecule has 0 atom stereocenters. The molecule has 0 amide bonds. The van der Waals surface area contributed by atoms with E-state index in [0.717, 1.165) is 0 Å². The molecule has 70 valence electrons. The van der Waals surface area contributed by atoms with Crippen LogP contribution in [-0.4, -0.2) is 19.1 Å². The van der Waals surface area contributed by atoms with E-state index in [9.17, 15) is 4.79 Å². The Morgan fingerprint density at radius 3 is 3.21 bits per heavy atom. The van der Waals surface area contributed by atoms with Crippen molar-refractivity contribution in [2.45, 2.75) is 0 Å². The van der Waals surface area contributed by atoms with Crippen molar-refractivity contribution >= 4 is 5.78 Å². The molecular weight excluding hydrogens is 182 g/mol. The predicted molar refractivity (Wildman–Crippen MR) is 48.4 cm³/mol. The van der Waals surface area contributed by atoms with E-state index in [1.165, 1.54) is 0 Å². The van der Waals surface area contributed by atoms with E-state index in [0.29, 0.717) is 17.1 Å². The van der Waals surface area contributed by atoms with Crippen molar-refractivity contribution in [1.29, 1.82) is 0 Å². The Morgan fingerprint density at radius 2 is 2.43 bits per heavy atom. The Labute approximate surface area is 80.9 Å². The van der Waals surface area contributed by atoms with Gasteiger partial charge in [-0.25, -0.2) is 6.57 Å². The number of rotatable bonds is 2. The summed E-state index contributed by atoms with van der Waals surface area (Å²) in [6.45, 7) is 6.63. The molecule has 1 heterocycles. The summed E-state index contributed by atoms with van der Waals surface area (Å²) in [5.41, 5.74) is 0.583. The van der Waals surface area contributed by atoms with Gasteiger partial charge in [0.25, 0.3) is 0 Å². The van der Waals surface area contributed by atoms with Crippen molar-refractivity contribution < 1.29 is 14.3 Å². The van der Waals surface area contributed by atoms with Crippen molar-refractivity contribution in [2.75, 3.05) is 13.3 Å². The van der Waals surface area contributed by atoms with Crippen LogP contribution in [0.4, 0.5) is 0 Å². The van der Waals surface area contributed by atoms with Crippen LogP contribution in [0, 0.1) is 6.57 Å². The summed E-state index contributed by atoms with van der Waals surface area (Å²) in [4.78, 5) is 14.2. The molecule has 1 aromatic rings. The lowest BCUT2D eigenvalue weighted by Crippen LogP contribution is -1.98. The highest BCUT2D eigenvalue weighted by molar-refractivity contribution is 6.02. The largest absolute Gasteiger partial charge is 0.485 e. The summed E-state index contributed by atoms with van der Waals surface area (Å²) in [7, 11) is 0. The Bertz CT molecular complexity index is 420. The number of ether oxygens (including phenoxy) is 2. The van der Waals surface area contributed by atoms with Crippen LogP contribution in [0.3, 0.4) is 0 Å². The third-order valence-corrected chi connectivity index (χ3v) is 1.91. The van der Waals surface area contributed by atoms with Gasteiger partial charge in [-0.3, -0.25) is 9.64 Å². The van der Waals surface area contributed by atoms with Gasteiger partial charge in [-0.2, -0.15) is 0 Å². The highest BCUT2D eigenvalue weighted by atomic mass is 16.5. The SMILES string of the molecule is [C-]#[N+]COc1ccc2c(c1)OCC2=O. The van der Waals surface area contributed by atoms with Crippen molar-refractivity contribution in [1.82, 2.24) is 0 Å². The lowest BCUT2D eigenvalue weighted by molar-refractivity contribution is 0.0961. The number of nitrogens with zero attached hydrogens (tertiary/aromatic N) is 1. The maximum Gasteiger partial charge on any atom is 0.357 e. The second-order valence-corrected chi connectivity index (χ2v) is 2.80. The van der Waals surface area contributed by atoms with Crippen LogP contribution in [-0.2, 0) is 0 Å². The minimum atomic E-state index is -0.0211. The summed E-state index contributed by atoms with van der Waals surface area (Å²) in [6.07, 6.45) is 0. The molecule has 1 aromatic carbocycles. The van der Waals surface area contributed by atoms with Crippen molar-refractivity contribution in [3.05, 3.63) is 35.2 Å². The van der Waals surface area contributed by atoms with Gasteiger partial charge in [0.1, 0.15) is 11.5 Å².